The minimum atomic E-state index is 0.281. The molecule has 0 radical (unpaired) electrons. The van der Waals surface area contributed by atoms with Crippen molar-refractivity contribution in [2.75, 3.05) is 33.7 Å². The molecule has 3 heteroatoms. The van der Waals surface area contributed by atoms with Crippen molar-refractivity contribution in [3.05, 3.63) is 0 Å². The molecule has 3 nitrogen and oxygen atoms in total. The van der Waals surface area contributed by atoms with E-state index in [-0.39, 0.29) is 5.54 Å². The molecule has 1 saturated heterocycles. The molecular weight excluding hydrogens is 234 g/mol. The number of likely N-dealkylation sites (tertiary alicyclic amines) is 1. The highest BCUT2D eigenvalue weighted by Crippen LogP contribution is 2.33. The van der Waals surface area contributed by atoms with Crippen LogP contribution in [-0.2, 0) is 0 Å². The molecule has 2 N–H and O–H groups in total. The van der Waals surface area contributed by atoms with E-state index in [1.165, 1.54) is 70.9 Å². The molecule has 0 aromatic heterocycles. The maximum Gasteiger partial charge on any atom is 0.0332 e. The molecule has 1 heterocycles. The first-order chi connectivity index (χ1) is 9.18. The Balaban J connectivity index is 2.04. The molecule has 112 valence electrons. The first kappa shape index (κ1) is 15.3. The van der Waals surface area contributed by atoms with Crippen LogP contribution < -0.4 is 5.73 Å². The third-order valence-electron chi connectivity index (χ3n) is 5.56. The van der Waals surface area contributed by atoms with Crippen molar-refractivity contribution < 1.29 is 0 Å². The third-order valence-corrected chi connectivity index (χ3v) is 5.56. The standard InChI is InChI=1S/C16H33N3/c1-18-12-8-9-15(13-18)19(2)16(14-17)10-6-4-3-5-7-11-16/h15H,3-14,17H2,1-2H3. The summed E-state index contributed by atoms with van der Waals surface area (Å²) < 4.78 is 0. The molecule has 19 heavy (non-hydrogen) atoms. The van der Waals surface area contributed by atoms with E-state index in [1.807, 2.05) is 0 Å². The van der Waals surface area contributed by atoms with Crippen LogP contribution in [0.3, 0.4) is 0 Å². The molecule has 2 fully saturated rings. The molecule has 1 aliphatic heterocycles. The fraction of sp³-hybridized carbons (Fsp3) is 1.00. The van der Waals surface area contributed by atoms with Gasteiger partial charge >= 0.3 is 0 Å². The molecule has 2 rings (SSSR count). The topological polar surface area (TPSA) is 32.5 Å². The van der Waals surface area contributed by atoms with Gasteiger partial charge in [0.05, 0.1) is 0 Å². The third kappa shape index (κ3) is 3.71. The van der Waals surface area contributed by atoms with Crippen LogP contribution in [0.25, 0.3) is 0 Å². The largest absolute Gasteiger partial charge is 0.329 e. The fourth-order valence-electron chi connectivity index (χ4n) is 4.11. The summed E-state index contributed by atoms with van der Waals surface area (Å²) in [5, 5.41) is 0. The maximum absolute atomic E-state index is 6.25. The van der Waals surface area contributed by atoms with Crippen molar-refractivity contribution in [3.63, 3.8) is 0 Å². The number of nitrogens with zero attached hydrogens (tertiary/aromatic N) is 2. The maximum atomic E-state index is 6.25. The van der Waals surface area contributed by atoms with Gasteiger partial charge in [-0.05, 0) is 46.3 Å². The van der Waals surface area contributed by atoms with Gasteiger partial charge in [0.1, 0.15) is 0 Å². The van der Waals surface area contributed by atoms with Crippen LogP contribution in [0.2, 0.25) is 0 Å². The van der Waals surface area contributed by atoms with Crippen LogP contribution in [0.1, 0.15) is 57.8 Å². The van der Waals surface area contributed by atoms with Gasteiger partial charge in [-0.1, -0.05) is 32.1 Å². The van der Waals surface area contributed by atoms with Crippen molar-refractivity contribution >= 4 is 0 Å². The van der Waals surface area contributed by atoms with Crippen LogP contribution in [0, 0.1) is 0 Å². The van der Waals surface area contributed by atoms with E-state index in [1.54, 1.807) is 0 Å². The quantitative estimate of drug-likeness (QED) is 0.852. The van der Waals surface area contributed by atoms with Crippen molar-refractivity contribution in [1.82, 2.24) is 9.80 Å². The van der Waals surface area contributed by atoms with Crippen LogP contribution >= 0.6 is 0 Å². The SMILES string of the molecule is CN1CCCC(N(C)C2(CN)CCCCCCC2)C1. The zero-order chi connectivity index (χ0) is 13.7. The molecule has 1 aliphatic carbocycles. The summed E-state index contributed by atoms with van der Waals surface area (Å²) in [6.07, 6.45) is 12.3. The summed E-state index contributed by atoms with van der Waals surface area (Å²) in [6.45, 7) is 3.32. The Morgan fingerprint density at radius 1 is 1.11 bits per heavy atom. The number of nitrogens with two attached hydrogens (primary N) is 1. The summed E-state index contributed by atoms with van der Waals surface area (Å²) >= 11 is 0. The minimum absolute atomic E-state index is 0.281. The van der Waals surface area contributed by atoms with Gasteiger partial charge < -0.3 is 10.6 Å². The molecule has 0 amide bonds. The van der Waals surface area contributed by atoms with Crippen LogP contribution in [0.15, 0.2) is 0 Å². The number of hydrogen-bond acceptors (Lipinski definition) is 3. The van der Waals surface area contributed by atoms with E-state index in [2.05, 4.69) is 23.9 Å². The first-order valence-corrected chi connectivity index (χ1v) is 8.29. The van der Waals surface area contributed by atoms with Crippen molar-refractivity contribution in [2.45, 2.75) is 69.4 Å². The summed E-state index contributed by atoms with van der Waals surface area (Å²) in [5.41, 5.74) is 6.53. The van der Waals surface area contributed by atoms with E-state index < -0.39 is 0 Å². The van der Waals surface area contributed by atoms with Crippen LogP contribution in [0.4, 0.5) is 0 Å². The Labute approximate surface area is 119 Å². The Kier molecular flexibility index (Phi) is 5.67. The predicted molar refractivity (Wildman–Crippen MR) is 82.4 cm³/mol. The lowest BCUT2D eigenvalue weighted by Crippen LogP contribution is -2.59. The van der Waals surface area contributed by atoms with Gasteiger partial charge in [0.2, 0.25) is 0 Å². The molecule has 1 atom stereocenters. The average Bonchev–Trinajstić information content (AvgIpc) is 2.39. The van der Waals surface area contributed by atoms with Gasteiger partial charge in [0.15, 0.2) is 0 Å². The highest BCUT2D eigenvalue weighted by molar-refractivity contribution is 4.95. The molecule has 0 aromatic rings. The highest BCUT2D eigenvalue weighted by Gasteiger charge is 2.37. The number of piperidine rings is 1. The van der Waals surface area contributed by atoms with E-state index in [0.29, 0.717) is 6.04 Å². The van der Waals surface area contributed by atoms with E-state index in [4.69, 9.17) is 5.73 Å². The number of hydrogen-bond donors (Lipinski definition) is 1. The fourth-order valence-corrected chi connectivity index (χ4v) is 4.11. The van der Waals surface area contributed by atoms with Crippen molar-refractivity contribution in [1.29, 1.82) is 0 Å². The van der Waals surface area contributed by atoms with Gasteiger partial charge in [0.25, 0.3) is 0 Å². The van der Waals surface area contributed by atoms with Crippen molar-refractivity contribution in [2.24, 2.45) is 5.73 Å². The van der Waals surface area contributed by atoms with Gasteiger partial charge in [-0.15, -0.1) is 0 Å². The molecular formula is C16H33N3. The van der Waals surface area contributed by atoms with E-state index in [0.717, 1.165) is 6.54 Å². The lowest BCUT2D eigenvalue weighted by atomic mass is 9.81. The molecule has 1 unspecified atom stereocenters. The molecule has 0 bridgehead atoms. The predicted octanol–water partition coefficient (Wildman–Crippen LogP) is 2.45. The summed E-state index contributed by atoms with van der Waals surface area (Å²) in [7, 11) is 4.60. The molecule has 2 aliphatic rings. The first-order valence-electron chi connectivity index (χ1n) is 8.29. The van der Waals surface area contributed by atoms with Crippen LogP contribution in [0.5, 0.6) is 0 Å². The Morgan fingerprint density at radius 2 is 1.74 bits per heavy atom. The lowest BCUT2D eigenvalue weighted by Gasteiger charge is -2.48. The van der Waals surface area contributed by atoms with Gasteiger partial charge in [0, 0.05) is 24.7 Å². The highest BCUT2D eigenvalue weighted by atomic mass is 15.3. The summed E-state index contributed by atoms with van der Waals surface area (Å²) in [6, 6.07) is 0.710. The monoisotopic (exact) mass is 267 g/mol. The second kappa shape index (κ2) is 7.05. The normalized spacial score (nSPS) is 30.0. The van der Waals surface area contributed by atoms with Gasteiger partial charge in [-0.25, -0.2) is 0 Å². The smallest absolute Gasteiger partial charge is 0.0332 e. The van der Waals surface area contributed by atoms with Crippen molar-refractivity contribution in [3.8, 4) is 0 Å². The lowest BCUT2D eigenvalue weighted by molar-refractivity contribution is 0.0212. The Morgan fingerprint density at radius 3 is 2.32 bits per heavy atom. The zero-order valence-corrected chi connectivity index (χ0v) is 13.0. The molecule has 0 aromatic carbocycles. The zero-order valence-electron chi connectivity index (χ0n) is 13.0. The molecule has 1 saturated carbocycles. The van der Waals surface area contributed by atoms with E-state index >= 15 is 0 Å². The molecule has 0 spiro atoms. The summed E-state index contributed by atoms with van der Waals surface area (Å²) in [5.74, 6) is 0. The minimum Gasteiger partial charge on any atom is -0.329 e. The van der Waals surface area contributed by atoms with Crippen LogP contribution in [-0.4, -0.2) is 55.1 Å². The number of rotatable bonds is 3. The Hall–Kier alpha value is -0.120. The second-order valence-electron chi connectivity index (χ2n) is 6.87. The van der Waals surface area contributed by atoms with Gasteiger partial charge in [-0.3, -0.25) is 4.90 Å². The Bertz CT molecular complexity index is 259. The second-order valence-corrected chi connectivity index (χ2v) is 6.87. The van der Waals surface area contributed by atoms with E-state index in [9.17, 15) is 0 Å². The van der Waals surface area contributed by atoms with Gasteiger partial charge in [-0.2, -0.15) is 0 Å². The average molecular weight is 267 g/mol. The summed E-state index contributed by atoms with van der Waals surface area (Å²) in [4.78, 5) is 5.16. The number of likely N-dealkylation sites (N-methyl/N-ethyl adjacent to an activating group) is 2.